The highest BCUT2D eigenvalue weighted by Gasteiger charge is 2.14. The second kappa shape index (κ2) is 5.69. The van der Waals surface area contributed by atoms with E-state index in [1.54, 1.807) is 30.3 Å². The summed E-state index contributed by atoms with van der Waals surface area (Å²) in [5, 5.41) is 13.4. The number of carbonyl (C=O) groups is 2. The van der Waals surface area contributed by atoms with Crippen molar-refractivity contribution in [3.05, 3.63) is 77.9 Å². The highest BCUT2D eigenvalue weighted by atomic mass is 16.4. The summed E-state index contributed by atoms with van der Waals surface area (Å²) in [4.78, 5) is 23.7. The molecule has 4 nitrogen and oxygen atoms in total. The lowest BCUT2D eigenvalue weighted by Crippen LogP contribution is -2.13. The Morgan fingerprint density at radius 2 is 1.55 bits per heavy atom. The van der Waals surface area contributed by atoms with Gasteiger partial charge in [0.25, 0.3) is 5.91 Å². The predicted octanol–water partition coefficient (Wildman–Crippen LogP) is 3.79. The zero-order valence-corrected chi connectivity index (χ0v) is 11.6. The molecule has 0 radical (unpaired) electrons. The van der Waals surface area contributed by atoms with Crippen molar-refractivity contribution in [2.45, 2.75) is 0 Å². The fourth-order valence-electron chi connectivity index (χ4n) is 2.34. The first-order chi connectivity index (χ1) is 10.6. The number of para-hydroxylation sites is 1. The first-order valence-electron chi connectivity index (χ1n) is 6.77. The standard InChI is InChI=1S/C18H13NO3/c20-17(19-14-7-2-1-3-8-14)16-11-13(18(21)22)10-12-6-4-5-9-15(12)16/h1-11H,(H,19,20)(H,21,22). The van der Waals surface area contributed by atoms with Crippen LogP contribution in [0.4, 0.5) is 5.69 Å². The molecule has 0 aromatic heterocycles. The third-order valence-electron chi connectivity index (χ3n) is 3.39. The largest absolute Gasteiger partial charge is 0.478 e. The van der Waals surface area contributed by atoms with Gasteiger partial charge < -0.3 is 10.4 Å². The quantitative estimate of drug-likeness (QED) is 0.771. The molecule has 2 N–H and O–H groups in total. The lowest BCUT2D eigenvalue weighted by Gasteiger charge is -2.09. The molecule has 0 aliphatic carbocycles. The molecule has 0 bridgehead atoms. The zero-order valence-electron chi connectivity index (χ0n) is 11.6. The molecule has 3 rings (SSSR count). The first kappa shape index (κ1) is 13.8. The van der Waals surface area contributed by atoms with Crippen LogP contribution in [0.15, 0.2) is 66.7 Å². The molecule has 0 spiro atoms. The molecule has 0 aliphatic rings. The van der Waals surface area contributed by atoms with E-state index in [0.29, 0.717) is 11.3 Å². The minimum atomic E-state index is -1.06. The number of nitrogens with one attached hydrogen (secondary N) is 1. The lowest BCUT2D eigenvalue weighted by molar-refractivity contribution is 0.0697. The van der Waals surface area contributed by atoms with E-state index >= 15 is 0 Å². The summed E-state index contributed by atoms with van der Waals surface area (Å²) >= 11 is 0. The van der Waals surface area contributed by atoms with Crippen LogP contribution in [0, 0.1) is 0 Å². The Kier molecular flexibility index (Phi) is 3.58. The van der Waals surface area contributed by atoms with Gasteiger partial charge in [0, 0.05) is 11.3 Å². The maximum absolute atomic E-state index is 12.5. The molecule has 0 heterocycles. The summed E-state index contributed by atoms with van der Waals surface area (Å²) in [6, 6.07) is 19.3. The number of carbonyl (C=O) groups excluding carboxylic acids is 1. The van der Waals surface area contributed by atoms with Crippen molar-refractivity contribution in [3.8, 4) is 0 Å². The smallest absolute Gasteiger partial charge is 0.335 e. The summed E-state index contributed by atoms with van der Waals surface area (Å²) < 4.78 is 0. The normalized spacial score (nSPS) is 10.4. The van der Waals surface area contributed by atoms with Crippen LogP contribution in [-0.4, -0.2) is 17.0 Å². The number of rotatable bonds is 3. The van der Waals surface area contributed by atoms with Crippen molar-refractivity contribution in [3.63, 3.8) is 0 Å². The third kappa shape index (κ3) is 2.67. The maximum Gasteiger partial charge on any atom is 0.335 e. The van der Waals surface area contributed by atoms with E-state index in [4.69, 9.17) is 0 Å². The minimum absolute atomic E-state index is 0.0944. The Balaban J connectivity index is 2.08. The van der Waals surface area contributed by atoms with E-state index in [0.717, 1.165) is 10.8 Å². The van der Waals surface area contributed by atoms with E-state index < -0.39 is 5.97 Å². The minimum Gasteiger partial charge on any atom is -0.478 e. The number of anilines is 1. The molecule has 3 aromatic rings. The summed E-state index contributed by atoms with van der Waals surface area (Å²) in [5.41, 5.74) is 1.11. The van der Waals surface area contributed by atoms with Gasteiger partial charge >= 0.3 is 5.97 Å². The molecule has 3 aromatic carbocycles. The molecule has 22 heavy (non-hydrogen) atoms. The molecule has 0 unspecified atom stereocenters. The van der Waals surface area contributed by atoms with Crippen LogP contribution < -0.4 is 5.32 Å². The van der Waals surface area contributed by atoms with Gasteiger partial charge in [0.2, 0.25) is 0 Å². The summed E-state index contributed by atoms with van der Waals surface area (Å²) in [6.45, 7) is 0. The molecule has 1 amide bonds. The van der Waals surface area contributed by atoms with Crippen LogP contribution in [-0.2, 0) is 0 Å². The maximum atomic E-state index is 12.5. The summed E-state index contributed by atoms with van der Waals surface area (Å²) in [5.74, 6) is -1.38. The van der Waals surface area contributed by atoms with Crippen LogP contribution in [0.1, 0.15) is 20.7 Å². The van der Waals surface area contributed by atoms with Gasteiger partial charge in [-0.25, -0.2) is 4.79 Å². The second-order valence-corrected chi connectivity index (χ2v) is 4.87. The second-order valence-electron chi connectivity index (χ2n) is 4.87. The van der Waals surface area contributed by atoms with Gasteiger partial charge in [0.05, 0.1) is 5.56 Å². The van der Waals surface area contributed by atoms with E-state index in [2.05, 4.69) is 5.32 Å². The average molecular weight is 291 g/mol. The molecular formula is C18H13NO3. The van der Waals surface area contributed by atoms with Crippen LogP contribution in [0.2, 0.25) is 0 Å². The number of fused-ring (bicyclic) bond motifs is 1. The van der Waals surface area contributed by atoms with E-state index in [-0.39, 0.29) is 11.5 Å². The number of carboxylic acids is 1. The number of benzene rings is 3. The fraction of sp³-hybridized carbons (Fsp3) is 0. The monoisotopic (exact) mass is 291 g/mol. The molecule has 0 saturated carbocycles. The van der Waals surface area contributed by atoms with E-state index in [9.17, 15) is 14.7 Å². The van der Waals surface area contributed by atoms with Crippen molar-refractivity contribution in [2.75, 3.05) is 5.32 Å². The molecule has 0 atom stereocenters. The van der Waals surface area contributed by atoms with Gasteiger partial charge in [0.15, 0.2) is 0 Å². The van der Waals surface area contributed by atoms with Crippen LogP contribution in [0.3, 0.4) is 0 Å². The van der Waals surface area contributed by atoms with Crippen molar-refractivity contribution in [1.82, 2.24) is 0 Å². The Morgan fingerprint density at radius 1 is 0.864 bits per heavy atom. The van der Waals surface area contributed by atoms with Crippen LogP contribution >= 0.6 is 0 Å². The first-order valence-corrected chi connectivity index (χ1v) is 6.77. The van der Waals surface area contributed by atoms with Gasteiger partial charge in [-0.1, -0.05) is 42.5 Å². The molecule has 0 fully saturated rings. The molecule has 0 saturated heterocycles. The highest BCUT2D eigenvalue weighted by Crippen LogP contribution is 2.22. The Hall–Kier alpha value is -3.14. The third-order valence-corrected chi connectivity index (χ3v) is 3.39. The Morgan fingerprint density at radius 3 is 2.27 bits per heavy atom. The van der Waals surface area contributed by atoms with E-state index in [1.165, 1.54) is 6.07 Å². The van der Waals surface area contributed by atoms with Gasteiger partial charge in [-0.2, -0.15) is 0 Å². The van der Waals surface area contributed by atoms with Crippen molar-refractivity contribution in [1.29, 1.82) is 0 Å². The van der Waals surface area contributed by atoms with Crippen molar-refractivity contribution in [2.24, 2.45) is 0 Å². The number of aromatic carboxylic acids is 1. The Bertz CT molecular complexity index is 857. The summed E-state index contributed by atoms with van der Waals surface area (Å²) in [7, 11) is 0. The zero-order chi connectivity index (χ0) is 15.5. The van der Waals surface area contributed by atoms with Gasteiger partial charge in [0.1, 0.15) is 0 Å². The van der Waals surface area contributed by atoms with Crippen molar-refractivity contribution < 1.29 is 14.7 Å². The van der Waals surface area contributed by atoms with E-state index in [1.807, 2.05) is 30.3 Å². The fourth-order valence-corrected chi connectivity index (χ4v) is 2.34. The summed E-state index contributed by atoms with van der Waals surface area (Å²) in [6.07, 6.45) is 0. The topological polar surface area (TPSA) is 66.4 Å². The Labute approximate surface area is 127 Å². The average Bonchev–Trinajstić information content (AvgIpc) is 2.54. The molecule has 108 valence electrons. The van der Waals surface area contributed by atoms with Crippen molar-refractivity contribution >= 4 is 28.3 Å². The highest BCUT2D eigenvalue weighted by molar-refractivity contribution is 6.14. The number of amides is 1. The van der Waals surface area contributed by atoms with Crippen LogP contribution in [0.25, 0.3) is 10.8 Å². The number of hydrogen-bond acceptors (Lipinski definition) is 2. The predicted molar refractivity (Wildman–Crippen MR) is 85.3 cm³/mol. The van der Waals surface area contributed by atoms with Gasteiger partial charge in [-0.3, -0.25) is 4.79 Å². The number of carboxylic acid groups (broad SMARTS) is 1. The van der Waals surface area contributed by atoms with Gasteiger partial charge in [-0.05, 0) is 35.0 Å². The van der Waals surface area contributed by atoms with Gasteiger partial charge in [-0.15, -0.1) is 0 Å². The lowest BCUT2D eigenvalue weighted by atomic mass is 10.00. The SMILES string of the molecule is O=C(O)c1cc(C(=O)Nc2ccccc2)c2ccccc2c1. The van der Waals surface area contributed by atoms with Crippen LogP contribution in [0.5, 0.6) is 0 Å². The number of hydrogen-bond donors (Lipinski definition) is 2. The molecule has 4 heteroatoms. The molecule has 0 aliphatic heterocycles. The molecular weight excluding hydrogens is 278 g/mol.